The maximum Gasteiger partial charge on any atom is 0.224 e. The van der Waals surface area contributed by atoms with Crippen molar-refractivity contribution in [2.45, 2.75) is 25.1 Å². The molecule has 3 nitrogen and oxygen atoms in total. The van der Waals surface area contributed by atoms with Crippen LogP contribution in [-0.4, -0.2) is 27.7 Å². The molecule has 1 aliphatic heterocycles. The van der Waals surface area contributed by atoms with E-state index in [0.29, 0.717) is 23.0 Å². The largest absolute Gasteiger partial charge is 0.337 e. The van der Waals surface area contributed by atoms with Crippen molar-refractivity contribution in [3.8, 4) is 0 Å². The lowest BCUT2D eigenvalue weighted by Crippen LogP contribution is -2.25. The summed E-state index contributed by atoms with van der Waals surface area (Å²) in [5.74, 6) is -0.356. The Morgan fingerprint density at radius 2 is 2.32 bits per heavy atom. The highest BCUT2D eigenvalue weighted by Gasteiger charge is 2.31. The van der Waals surface area contributed by atoms with Crippen LogP contribution in [0.25, 0.3) is 0 Å². The molecule has 0 N–H and O–H groups in total. The Balaban J connectivity index is 2.03. The summed E-state index contributed by atoms with van der Waals surface area (Å²) in [6.45, 7) is 2.25. The van der Waals surface area contributed by atoms with Crippen LogP contribution in [0.4, 0.5) is 4.39 Å². The van der Waals surface area contributed by atoms with E-state index in [2.05, 4.69) is 15.9 Å². The fourth-order valence-electron chi connectivity index (χ4n) is 2.06. The Morgan fingerprint density at radius 1 is 1.58 bits per heavy atom. The highest BCUT2D eigenvalue weighted by atomic mass is 79.9. The molecule has 0 radical (unpaired) electrons. The molecular formula is C13H13BrFNO2S. The van der Waals surface area contributed by atoms with E-state index in [1.807, 2.05) is 0 Å². The van der Waals surface area contributed by atoms with Gasteiger partial charge in [0.25, 0.3) is 0 Å². The van der Waals surface area contributed by atoms with Crippen LogP contribution in [0.5, 0.6) is 0 Å². The van der Waals surface area contributed by atoms with E-state index in [-0.39, 0.29) is 28.6 Å². The zero-order chi connectivity index (χ0) is 14.0. The van der Waals surface area contributed by atoms with Crippen molar-refractivity contribution in [1.29, 1.82) is 0 Å². The fraction of sp³-hybridized carbons (Fsp3) is 0.385. The summed E-state index contributed by atoms with van der Waals surface area (Å²) in [5, 5.41) is -0.00187. The zero-order valence-electron chi connectivity index (χ0n) is 10.4. The first-order valence-corrected chi connectivity index (χ1v) is 7.52. The summed E-state index contributed by atoms with van der Waals surface area (Å²) >= 11 is 4.38. The highest BCUT2D eigenvalue weighted by molar-refractivity contribution is 9.10. The van der Waals surface area contributed by atoms with Crippen molar-refractivity contribution >= 4 is 38.7 Å². The summed E-state index contributed by atoms with van der Waals surface area (Å²) < 4.78 is 14.4. The number of halogens is 2. The lowest BCUT2D eigenvalue weighted by molar-refractivity contribution is -0.128. The minimum absolute atomic E-state index is 0.00877. The summed E-state index contributed by atoms with van der Waals surface area (Å²) in [6.07, 6.45) is 0.350. The van der Waals surface area contributed by atoms with Crippen LogP contribution in [0.15, 0.2) is 22.7 Å². The number of hydrogen-bond donors (Lipinski definition) is 0. The maximum atomic E-state index is 13.7. The van der Waals surface area contributed by atoms with Gasteiger partial charge in [-0.3, -0.25) is 9.59 Å². The molecule has 0 aromatic heterocycles. The Bertz CT molecular complexity index is 523. The molecule has 1 aromatic carbocycles. The summed E-state index contributed by atoms with van der Waals surface area (Å²) in [7, 11) is 0. The normalized spacial score (nSPS) is 19.0. The van der Waals surface area contributed by atoms with Gasteiger partial charge in [0, 0.05) is 41.7 Å². The van der Waals surface area contributed by atoms with E-state index in [0.717, 1.165) is 0 Å². The van der Waals surface area contributed by atoms with Gasteiger partial charge in [-0.2, -0.15) is 0 Å². The average Bonchev–Trinajstić information content (AvgIpc) is 2.62. The minimum atomic E-state index is -0.329. The molecule has 1 saturated heterocycles. The van der Waals surface area contributed by atoms with E-state index in [1.165, 1.54) is 24.8 Å². The first-order chi connectivity index (χ1) is 8.95. The number of thioether (sulfide) groups is 1. The Kier molecular flexibility index (Phi) is 4.62. The van der Waals surface area contributed by atoms with Crippen LogP contribution in [0.1, 0.15) is 18.9 Å². The molecule has 0 saturated carbocycles. The second-order valence-electron chi connectivity index (χ2n) is 4.45. The Hall–Kier alpha value is -0.880. The molecule has 0 bridgehead atoms. The molecule has 1 fully saturated rings. The molecule has 2 rings (SSSR count). The van der Waals surface area contributed by atoms with Crippen molar-refractivity contribution < 1.29 is 14.0 Å². The van der Waals surface area contributed by atoms with Crippen LogP contribution in [-0.2, 0) is 16.1 Å². The zero-order valence-corrected chi connectivity index (χ0v) is 12.8. The van der Waals surface area contributed by atoms with Crippen LogP contribution < -0.4 is 0 Å². The predicted molar refractivity (Wildman–Crippen MR) is 76.2 cm³/mol. The summed E-state index contributed by atoms with van der Waals surface area (Å²) in [5.41, 5.74) is 0.491. The van der Waals surface area contributed by atoms with E-state index < -0.39 is 0 Å². The third-order valence-corrected chi connectivity index (χ3v) is 4.36. The third-order valence-electron chi connectivity index (χ3n) is 2.89. The monoisotopic (exact) mass is 345 g/mol. The van der Waals surface area contributed by atoms with Crippen molar-refractivity contribution in [3.63, 3.8) is 0 Å². The maximum absolute atomic E-state index is 13.7. The molecule has 1 heterocycles. The van der Waals surface area contributed by atoms with Gasteiger partial charge >= 0.3 is 0 Å². The lowest BCUT2D eigenvalue weighted by Gasteiger charge is -2.16. The molecule has 1 aromatic rings. The number of carbonyl (C=O) groups is 2. The number of benzene rings is 1. The van der Waals surface area contributed by atoms with Crippen LogP contribution in [0, 0.1) is 5.82 Å². The fourth-order valence-corrected chi connectivity index (χ4v) is 3.34. The molecule has 1 aliphatic rings. The van der Waals surface area contributed by atoms with Crippen LogP contribution >= 0.6 is 27.7 Å². The number of likely N-dealkylation sites (tertiary alicyclic amines) is 1. The number of rotatable bonds is 3. The van der Waals surface area contributed by atoms with Gasteiger partial charge in [0.2, 0.25) is 5.91 Å². The van der Waals surface area contributed by atoms with Crippen LogP contribution in [0.3, 0.4) is 0 Å². The minimum Gasteiger partial charge on any atom is -0.337 e. The summed E-state index contributed by atoms with van der Waals surface area (Å²) in [6, 6.07) is 4.80. The third kappa shape index (κ3) is 3.79. The van der Waals surface area contributed by atoms with Gasteiger partial charge in [0.1, 0.15) is 5.82 Å². The van der Waals surface area contributed by atoms with E-state index >= 15 is 0 Å². The van der Waals surface area contributed by atoms with Gasteiger partial charge in [-0.1, -0.05) is 33.8 Å². The number of amides is 1. The summed E-state index contributed by atoms with van der Waals surface area (Å²) in [4.78, 5) is 24.5. The highest BCUT2D eigenvalue weighted by Crippen LogP contribution is 2.26. The molecule has 102 valence electrons. The molecule has 19 heavy (non-hydrogen) atoms. The van der Waals surface area contributed by atoms with Gasteiger partial charge < -0.3 is 4.90 Å². The molecule has 6 heteroatoms. The van der Waals surface area contributed by atoms with E-state index in [4.69, 9.17) is 0 Å². The van der Waals surface area contributed by atoms with Crippen molar-refractivity contribution in [3.05, 3.63) is 34.1 Å². The smallest absolute Gasteiger partial charge is 0.224 e. The standard InChI is InChI=1S/C13H13BrFNO2S/c1-8(17)19-11-5-13(18)16(7-11)6-9-2-3-10(14)4-12(9)15/h2-4,11H,5-7H2,1H3. The van der Waals surface area contributed by atoms with Gasteiger partial charge in [-0.15, -0.1) is 0 Å². The number of hydrogen-bond acceptors (Lipinski definition) is 3. The van der Waals surface area contributed by atoms with Crippen LogP contribution in [0.2, 0.25) is 0 Å². The van der Waals surface area contributed by atoms with E-state index in [9.17, 15) is 14.0 Å². The van der Waals surface area contributed by atoms with E-state index in [1.54, 1.807) is 17.0 Å². The van der Waals surface area contributed by atoms with Crippen molar-refractivity contribution in [1.82, 2.24) is 4.90 Å². The number of carbonyl (C=O) groups excluding carboxylic acids is 2. The first-order valence-electron chi connectivity index (χ1n) is 5.84. The second kappa shape index (κ2) is 6.05. The lowest BCUT2D eigenvalue weighted by atomic mass is 10.2. The predicted octanol–water partition coefficient (Wildman–Crippen LogP) is 2.97. The number of nitrogens with zero attached hydrogens (tertiary/aromatic N) is 1. The van der Waals surface area contributed by atoms with Gasteiger partial charge in [-0.05, 0) is 12.1 Å². The van der Waals surface area contributed by atoms with Gasteiger partial charge in [-0.25, -0.2) is 4.39 Å². The topological polar surface area (TPSA) is 37.4 Å². The quantitative estimate of drug-likeness (QED) is 0.845. The van der Waals surface area contributed by atoms with Crippen molar-refractivity contribution in [2.75, 3.05) is 6.54 Å². The molecule has 1 atom stereocenters. The molecular weight excluding hydrogens is 333 g/mol. The van der Waals surface area contributed by atoms with Gasteiger partial charge in [0.15, 0.2) is 5.12 Å². The Morgan fingerprint density at radius 3 is 2.95 bits per heavy atom. The molecule has 0 aliphatic carbocycles. The second-order valence-corrected chi connectivity index (χ2v) is 6.84. The molecule has 0 spiro atoms. The SMILES string of the molecule is CC(=O)SC1CC(=O)N(Cc2ccc(Br)cc2F)C1. The first kappa shape index (κ1) is 14.5. The van der Waals surface area contributed by atoms with Gasteiger partial charge in [0.05, 0.1) is 0 Å². The average molecular weight is 346 g/mol. The van der Waals surface area contributed by atoms with Crippen molar-refractivity contribution in [2.24, 2.45) is 0 Å². The molecule has 1 amide bonds. The molecule has 1 unspecified atom stereocenters. The Labute approximate surface area is 123 Å².